The van der Waals surface area contributed by atoms with Crippen LogP contribution in [0.3, 0.4) is 0 Å². The van der Waals surface area contributed by atoms with Crippen LogP contribution in [0.5, 0.6) is 11.5 Å². The Morgan fingerprint density at radius 3 is 2.11 bits per heavy atom. The molecule has 0 aliphatic heterocycles. The fraction of sp³-hybridized carbons (Fsp3) is 0.200. The summed E-state index contributed by atoms with van der Waals surface area (Å²) in [6.45, 7) is 0.465. The van der Waals surface area contributed by atoms with Crippen molar-refractivity contribution in [3.8, 4) is 22.6 Å². The second-order valence-electron chi connectivity index (χ2n) is 3.96. The molecule has 2 aromatic carbocycles. The predicted octanol–water partition coefficient (Wildman–Crippen LogP) is 2.83. The van der Waals surface area contributed by atoms with Gasteiger partial charge < -0.3 is 15.2 Å². The highest BCUT2D eigenvalue weighted by Gasteiger charge is 2.04. The Bertz CT molecular complexity index is 521. The molecule has 0 aliphatic carbocycles. The van der Waals surface area contributed by atoms with E-state index in [1.54, 1.807) is 14.2 Å². The molecule has 94 valence electrons. The van der Waals surface area contributed by atoms with Gasteiger partial charge in [-0.1, -0.05) is 18.2 Å². The molecule has 0 atom stereocenters. The van der Waals surface area contributed by atoms with Gasteiger partial charge in [-0.15, -0.1) is 0 Å². The van der Waals surface area contributed by atoms with Gasteiger partial charge in [0.25, 0.3) is 0 Å². The molecule has 0 fully saturated rings. The second-order valence-corrected chi connectivity index (χ2v) is 3.96. The third-order valence-corrected chi connectivity index (χ3v) is 2.92. The molecule has 2 aromatic rings. The molecule has 0 saturated heterocycles. The molecule has 0 spiro atoms. The molecule has 0 aromatic heterocycles. The average molecular weight is 243 g/mol. The first kappa shape index (κ1) is 12.5. The Morgan fingerprint density at radius 2 is 1.56 bits per heavy atom. The van der Waals surface area contributed by atoms with E-state index < -0.39 is 0 Å². The van der Waals surface area contributed by atoms with Crippen molar-refractivity contribution in [3.05, 3.63) is 48.0 Å². The number of nitrogens with two attached hydrogens (primary N) is 1. The van der Waals surface area contributed by atoms with Gasteiger partial charge in [-0.2, -0.15) is 0 Å². The minimum absolute atomic E-state index is 0.465. The smallest absolute Gasteiger partial charge is 0.123 e. The lowest BCUT2D eigenvalue weighted by atomic mass is 10.0. The molecule has 0 aliphatic rings. The minimum atomic E-state index is 0.465. The summed E-state index contributed by atoms with van der Waals surface area (Å²) in [7, 11) is 3.32. The van der Waals surface area contributed by atoms with Crippen LogP contribution in [0.2, 0.25) is 0 Å². The summed E-state index contributed by atoms with van der Waals surface area (Å²) in [5, 5.41) is 0. The lowest BCUT2D eigenvalue weighted by molar-refractivity contribution is 0.410. The average Bonchev–Trinajstić information content (AvgIpc) is 2.46. The molecule has 18 heavy (non-hydrogen) atoms. The van der Waals surface area contributed by atoms with Crippen LogP contribution in [0.15, 0.2) is 42.5 Å². The van der Waals surface area contributed by atoms with Crippen molar-refractivity contribution in [1.29, 1.82) is 0 Å². The fourth-order valence-electron chi connectivity index (χ4n) is 1.90. The Kier molecular flexibility index (Phi) is 3.85. The monoisotopic (exact) mass is 243 g/mol. The maximum atomic E-state index is 5.72. The number of hydrogen-bond donors (Lipinski definition) is 1. The molecular weight excluding hydrogens is 226 g/mol. The van der Waals surface area contributed by atoms with Crippen LogP contribution in [0.25, 0.3) is 11.1 Å². The molecule has 0 unspecified atom stereocenters. The predicted molar refractivity (Wildman–Crippen MR) is 72.9 cm³/mol. The number of hydrogen-bond acceptors (Lipinski definition) is 3. The quantitative estimate of drug-likeness (QED) is 0.898. The summed E-state index contributed by atoms with van der Waals surface area (Å²) in [6.07, 6.45) is 0. The Morgan fingerprint density at radius 1 is 0.889 bits per heavy atom. The minimum Gasteiger partial charge on any atom is -0.497 e. The van der Waals surface area contributed by atoms with Crippen LogP contribution in [-0.4, -0.2) is 14.2 Å². The van der Waals surface area contributed by atoms with Gasteiger partial charge in [0.2, 0.25) is 0 Å². The van der Waals surface area contributed by atoms with E-state index >= 15 is 0 Å². The summed E-state index contributed by atoms with van der Waals surface area (Å²) in [5.41, 5.74) is 8.98. The Balaban J connectivity index is 2.37. The highest BCUT2D eigenvalue weighted by Crippen LogP contribution is 2.27. The van der Waals surface area contributed by atoms with Gasteiger partial charge in [0.15, 0.2) is 0 Å². The summed E-state index contributed by atoms with van der Waals surface area (Å²) < 4.78 is 10.4. The van der Waals surface area contributed by atoms with Gasteiger partial charge >= 0.3 is 0 Å². The lowest BCUT2D eigenvalue weighted by Gasteiger charge is -2.09. The molecule has 0 amide bonds. The van der Waals surface area contributed by atoms with Crippen molar-refractivity contribution >= 4 is 0 Å². The zero-order valence-corrected chi connectivity index (χ0v) is 10.6. The van der Waals surface area contributed by atoms with Crippen LogP contribution in [0.4, 0.5) is 0 Å². The molecule has 0 radical (unpaired) electrons. The van der Waals surface area contributed by atoms with E-state index in [4.69, 9.17) is 15.2 Å². The highest BCUT2D eigenvalue weighted by molar-refractivity contribution is 5.66. The normalized spacial score (nSPS) is 10.2. The van der Waals surface area contributed by atoms with Crippen molar-refractivity contribution < 1.29 is 9.47 Å². The van der Waals surface area contributed by atoms with Crippen LogP contribution in [0, 0.1) is 0 Å². The Labute approximate surface area is 107 Å². The first-order chi connectivity index (χ1) is 8.78. The highest BCUT2D eigenvalue weighted by atomic mass is 16.5. The van der Waals surface area contributed by atoms with E-state index in [0.29, 0.717) is 6.54 Å². The molecule has 3 nitrogen and oxygen atoms in total. The number of benzene rings is 2. The van der Waals surface area contributed by atoms with Gasteiger partial charge in [0, 0.05) is 12.1 Å². The van der Waals surface area contributed by atoms with E-state index in [-0.39, 0.29) is 0 Å². The van der Waals surface area contributed by atoms with E-state index in [0.717, 1.165) is 28.2 Å². The summed E-state index contributed by atoms with van der Waals surface area (Å²) in [6, 6.07) is 14.0. The molecule has 2 rings (SSSR count). The third kappa shape index (κ3) is 2.46. The maximum absolute atomic E-state index is 5.72. The third-order valence-electron chi connectivity index (χ3n) is 2.92. The first-order valence-corrected chi connectivity index (χ1v) is 5.80. The molecule has 3 heteroatoms. The van der Waals surface area contributed by atoms with Crippen molar-refractivity contribution in [2.45, 2.75) is 6.54 Å². The van der Waals surface area contributed by atoms with Crippen LogP contribution in [0.1, 0.15) is 5.56 Å². The van der Waals surface area contributed by atoms with E-state index in [1.807, 2.05) is 36.4 Å². The van der Waals surface area contributed by atoms with E-state index in [1.165, 1.54) is 0 Å². The molecule has 0 heterocycles. The van der Waals surface area contributed by atoms with Gasteiger partial charge in [0.05, 0.1) is 14.2 Å². The number of methoxy groups -OCH3 is 2. The molecular formula is C15H17NO2. The second kappa shape index (κ2) is 5.56. The van der Waals surface area contributed by atoms with Crippen LogP contribution in [-0.2, 0) is 6.54 Å². The van der Waals surface area contributed by atoms with Crippen molar-refractivity contribution in [2.75, 3.05) is 14.2 Å². The van der Waals surface area contributed by atoms with Crippen LogP contribution >= 0.6 is 0 Å². The fourth-order valence-corrected chi connectivity index (χ4v) is 1.90. The van der Waals surface area contributed by atoms with Crippen LogP contribution < -0.4 is 15.2 Å². The van der Waals surface area contributed by atoms with Gasteiger partial charge in [-0.3, -0.25) is 0 Å². The molecule has 0 bridgehead atoms. The SMILES string of the molecule is COc1ccc(-c2ccc(OC)c(CN)c2)cc1. The van der Waals surface area contributed by atoms with Crippen molar-refractivity contribution in [2.24, 2.45) is 5.73 Å². The molecule has 2 N–H and O–H groups in total. The maximum Gasteiger partial charge on any atom is 0.123 e. The zero-order chi connectivity index (χ0) is 13.0. The molecule has 0 saturated carbocycles. The van der Waals surface area contributed by atoms with Gasteiger partial charge in [0.1, 0.15) is 11.5 Å². The summed E-state index contributed by atoms with van der Waals surface area (Å²) in [4.78, 5) is 0. The summed E-state index contributed by atoms with van der Waals surface area (Å²) in [5.74, 6) is 1.68. The standard InChI is InChI=1S/C15H17NO2/c1-17-14-6-3-11(4-7-14)12-5-8-15(18-2)13(9-12)10-16/h3-9H,10,16H2,1-2H3. The summed E-state index contributed by atoms with van der Waals surface area (Å²) >= 11 is 0. The van der Waals surface area contributed by atoms with Crippen molar-refractivity contribution in [1.82, 2.24) is 0 Å². The Hall–Kier alpha value is -2.00. The number of ether oxygens (including phenoxy) is 2. The zero-order valence-electron chi connectivity index (χ0n) is 10.6. The lowest BCUT2D eigenvalue weighted by Crippen LogP contribution is -2.00. The first-order valence-electron chi connectivity index (χ1n) is 5.80. The topological polar surface area (TPSA) is 44.5 Å². The van der Waals surface area contributed by atoms with E-state index in [9.17, 15) is 0 Å². The van der Waals surface area contributed by atoms with Gasteiger partial charge in [-0.05, 0) is 35.4 Å². The van der Waals surface area contributed by atoms with E-state index in [2.05, 4.69) is 6.07 Å². The number of rotatable bonds is 4. The van der Waals surface area contributed by atoms with Gasteiger partial charge in [-0.25, -0.2) is 0 Å². The van der Waals surface area contributed by atoms with Crippen molar-refractivity contribution in [3.63, 3.8) is 0 Å². The largest absolute Gasteiger partial charge is 0.497 e.